The first-order valence-corrected chi connectivity index (χ1v) is 9.11. The predicted molar refractivity (Wildman–Crippen MR) is 104 cm³/mol. The van der Waals surface area contributed by atoms with Gasteiger partial charge in [0, 0.05) is 12.2 Å². The van der Waals surface area contributed by atoms with E-state index in [4.69, 9.17) is 19.6 Å². The summed E-state index contributed by atoms with van der Waals surface area (Å²) < 4.78 is 15.5. The van der Waals surface area contributed by atoms with Crippen LogP contribution in [0.1, 0.15) is 19.4 Å². The average molecular weight is 398 g/mol. The maximum absolute atomic E-state index is 13.8. The minimum atomic E-state index is -1.82. The number of hydrogen-bond donors (Lipinski definition) is 1. The lowest BCUT2D eigenvalue weighted by molar-refractivity contribution is -0.151. The summed E-state index contributed by atoms with van der Waals surface area (Å²) in [6, 6.07) is 6.84. The van der Waals surface area contributed by atoms with Gasteiger partial charge in [-0.05, 0) is 25.5 Å². The van der Waals surface area contributed by atoms with Gasteiger partial charge in [0.05, 0.1) is 19.3 Å². The van der Waals surface area contributed by atoms with Gasteiger partial charge < -0.3 is 19.1 Å². The van der Waals surface area contributed by atoms with Crippen LogP contribution in [0.15, 0.2) is 48.3 Å². The minimum Gasteiger partial charge on any atom is -0.466 e. The molecule has 0 fully saturated rings. The molecule has 0 aliphatic carbocycles. The molecule has 3 rings (SSSR count). The van der Waals surface area contributed by atoms with E-state index < -0.39 is 35.1 Å². The highest BCUT2D eigenvalue weighted by Crippen LogP contribution is 2.54. The fourth-order valence-corrected chi connectivity index (χ4v) is 4.12. The molecule has 2 heterocycles. The summed E-state index contributed by atoms with van der Waals surface area (Å²) in [5.74, 6) is -4.07. The van der Waals surface area contributed by atoms with Crippen molar-refractivity contribution in [1.29, 1.82) is 5.41 Å². The molecule has 0 radical (unpaired) electrons. The molecular formula is C21H22N2O6. The molecule has 1 aromatic carbocycles. The van der Waals surface area contributed by atoms with E-state index in [1.807, 2.05) is 0 Å². The molecule has 2 unspecified atom stereocenters. The Hall–Kier alpha value is -3.42. The number of carbonyl (C=O) groups excluding carboxylic acids is 3. The van der Waals surface area contributed by atoms with E-state index in [0.29, 0.717) is 11.3 Å². The second kappa shape index (κ2) is 7.54. The summed E-state index contributed by atoms with van der Waals surface area (Å²) >= 11 is 0. The van der Waals surface area contributed by atoms with Crippen LogP contribution in [-0.2, 0) is 34.0 Å². The van der Waals surface area contributed by atoms with E-state index >= 15 is 0 Å². The normalized spacial score (nSPS) is 23.0. The first kappa shape index (κ1) is 20.3. The molecule has 2 atom stereocenters. The van der Waals surface area contributed by atoms with Gasteiger partial charge in [0.15, 0.2) is 5.92 Å². The van der Waals surface area contributed by atoms with E-state index in [2.05, 4.69) is 6.58 Å². The van der Waals surface area contributed by atoms with E-state index in [0.717, 1.165) is 0 Å². The molecule has 0 saturated heterocycles. The number of allylic oxidation sites excluding steroid dienone is 1. The first-order chi connectivity index (χ1) is 13.9. The van der Waals surface area contributed by atoms with E-state index in [9.17, 15) is 14.4 Å². The van der Waals surface area contributed by atoms with Gasteiger partial charge in [-0.3, -0.25) is 15.0 Å². The number of nitrogens with one attached hydrogen (secondary N) is 1. The summed E-state index contributed by atoms with van der Waals surface area (Å²) in [6.45, 7) is 6.99. The number of para-hydroxylation sites is 1. The number of nitrogens with zero attached hydrogens (tertiary/aromatic N) is 1. The molecule has 2 aliphatic heterocycles. The SMILES string of the molecule is C=CCN1C(=O)C2(C(C(=O)OC)=C(C)OC(=N)C2C(=O)OCC)c2ccccc21. The molecule has 0 saturated carbocycles. The van der Waals surface area contributed by atoms with Crippen molar-refractivity contribution < 1.29 is 28.6 Å². The van der Waals surface area contributed by atoms with Crippen molar-refractivity contribution in [2.75, 3.05) is 25.2 Å². The minimum absolute atomic E-state index is 0.0333. The third kappa shape index (κ3) is 2.74. The van der Waals surface area contributed by atoms with Crippen molar-refractivity contribution in [3.8, 4) is 0 Å². The van der Waals surface area contributed by atoms with Gasteiger partial charge in [-0.25, -0.2) is 4.79 Å². The van der Waals surface area contributed by atoms with Gasteiger partial charge in [-0.15, -0.1) is 6.58 Å². The summed E-state index contributed by atoms with van der Waals surface area (Å²) in [6.07, 6.45) is 1.55. The number of fused-ring (bicyclic) bond motifs is 2. The molecule has 1 amide bonds. The highest BCUT2D eigenvalue weighted by molar-refractivity contribution is 6.22. The fraction of sp³-hybridized carbons (Fsp3) is 0.333. The Morgan fingerprint density at radius 3 is 2.69 bits per heavy atom. The molecule has 8 nitrogen and oxygen atoms in total. The average Bonchev–Trinajstić information content (AvgIpc) is 2.91. The molecular weight excluding hydrogens is 376 g/mol. The molecule has 0 bridgehead atoms. The molecule has 152 valence electrons. The van der Waals surface area contributed by atoms with E-state index in [1.165, 1.54) is 18.9 Å². The zero-order chi connectivity index (χ0) is 21.3. The lowest BCUT2D eigenvalue weighted by atomic mass is 9.64. The number of esters is 2. The summed E-state index contributed by atoms with van der Waals surface area (Å²) in [5.41, 5.74) is -0.996. The van der Waals surface area contributed by atoms with Crippen molar-refractivity contribution in [2.45, 2.75) is 19.3 Å². The molecule has 0 aromatic heterocycles. The van der Waals surface area contributed by atoms with E-state index in [1.54, 1.807) is 37.3 Å². The Balaban J connectivity index is 2.42. The third-order valence-corrected chi connectivity index (χ3v) is 5.13. The van der Waals surface area contributed by atoms with Gasteiger partial charge in [-0.1, -0.05) is 24.3 Å². The quantitative estimate of drug-likeness (QED) is 0.601. The van der Waals surface area contributed by atoms with Crippen molar-refractivity contribution in [2.24, 2.45) is 5.92 Å². The number of anilines is 1. The van der Waals surface area contributed by atoms with Crippen LogP contribution in [0.2, 0.25) is 0 Å². The van der Waals surface area contributed by atoms with Crippen LogP contribution in [0.3, 0.4) is 0 Å². The van der Waals surface area contributed by atoms with Gasteiger partial charge in [0.1, 0.15) is 11.2 Å². The number of benzene rings is 1. The molecule has 1 spiro atoms. The van der Waals surface area contributed by atoms with Gasteiger partial charge in [-0.2, -0.15) is 0 Å². The maximum atomic E-state index is 13.8. The van der Waals surface area contributed by atoms with Gasteiger partial charge in [0.2, 0.25) is 11.8 Å². The molecule has 1 aromatic rings. The number of methoxy groups -OCH3 is 1. The zero-order valence-electron chi connectivity index (χ0n) is 16.5. The maximum Gasteiger partial charge on any atom is 0.338 e. The Kier molecular flexibility index (Phi) is 5.28. The molecule has 1 N–H and O–H groups in total. The van der Waals surface area contributed by atoms with Crippen LogP contribution in [0.25, 0.3) is 0 Å². The van der Waals surface area contributed by atoms with Crippen LogP contribution in [0, 0.1) is 11.3 Å². The lowest BCUT2D eigenvalue weighted by Gasteiger charge is -2.39. The van der Waals surface area contributed by atoms with Crippen molar-refractivity contribution in [1.82, 2.24) is 0 Å². The smallest absolute Gasteiger partial charge is 0.338 e. The largest absolute Gasteiger partial charge is 0.466 e. The van der Waals surface area contributed by atoms with Gasteiger partial charge >= 0.3 is 11.9 Å². The fourth-order valence-electron chi connectivity index (χ4n) is 4.12. The Labute approximate surface area is 168 Å². The Morgan fingerprint density at radius 2 is 2.07 bits per heavy atom. The van der Waals surface area contributed by atoms with Crippen LogP contribution in [0.5, 0.6) is 0 Å². The number of rotatable bonds is 5. The Morgan fingerprint density at radius 1 is 1.38 bits per heavy atom. The Bertz CT molecular complexity index is 950. The second-order valence-electron chi connectivity index (χ2n) is 6.60. The third-order valence-electron chi connectivity index (χ3n) is 5.13. The second-order valence-corrected chi connectivity index (χ2v) is 6.60. The number of hydrogen-bond acceptors (Lipinski definition) is 7. The molecule has 2 aliphatic rings. The standard InChI is InChI=1S/C21H22N2O6/c1-5-11-23-14-10-8-7-9-13(14)21(20(23)26)15(18(24)27-4)12(3)29-17(22)16(21)19(25)28-6-2/h5,7-10,16,22H,1,6,11H2,2-4H3. The topological polar surface area (TPSA) is 106 Å². The van der Waals surface area contributed by atoms with Crippen LogP contribution in [-0.4, -0.2) is 44.0 Å². The summed E-state index contributed by atoms with van der Waals surface area (Å²) in [5, 5.41) is 8.36. The van der Waals surface area contributed by atoms with Crippen molar-refractivity contribution in [3.63, 3.8) is 0 Å². The first-order valence-electron chi connectivity index (χ1n) is 9.11. The molecule has 8 heteroatoms. The predicted octanol–water partition coefficient (Wildman–Crippen LogP) is 2.09. The number of amides is 1. The van der Waals surface area contributed by atoms with Crippen LogP contribution >= 0.6 is 0 Å². The highest BCUT2D eigenvalue weighted by atomic mass is 16.5. The highest BCUT2D eigenvalue weighted by Gasteiger charge is 2.66. The lowest BCUT2D eigenvalue weighted by Crippen LogP contribution is -2.57. The van der Waals surface area contributed by atoms with Crippen molar-refractivity contribution >= 4 is 29.4 Å². The number of ether oxygens (including phenoxy) is 3. The van der Waals surface area contributed by atoms with Crippen molar-refractivity contribution in [3.05, 3.63) is 53.8 Å². The van der Waals surface area contributed by atoms with Gasteiger partial charge in [0.25, 0.3) is 0 Å². The number of carbonyl (C=O) groups is 3. The summed E-state index contributed by atoms with van der Waals surface area (Å²) in [7, 11) is 1.18. The van der Waals surface area contributed by atoms with Crippen LogP contribution < -0.4 is 4.90 Å². The monoisotopic (exact) mass is 398 g/mol. The zero-order valence-corrected chi connectivity index (χ0v) is 16.5. The van der Waals surface area contributed by atoms with E-state index in [-0.39, 0.29) is 24.5 Å². The van der Waals surface area contributed by atoms with Crippen LogP contribution in [0.4, 0.5) is 5.69 Å². The molecule has 29 heavy (non-hydrogen) atoms. The summed E-state index contributed by atoms with van der Waals surface area (Å²) in [4.78, 5) is 41.0.